The van der Waals surface area contributed by atoms with Crippen LogP contribution in [0.1, 0.15) is 65.9 Å². The molecule has 1 fully saturated rings. The van der Waals surface area contributed by atoms with Gasteiger partial charge in [-0.2, -0.15) is 0 Å². The summed E-state index contributed by atoms with van der Waals surface area (Å²) >= 11 is 0. The van der Waals surface area contributed by atoms with Gasteiger partial charge in [0.15, 0.2) is 0 Å². The standard InChI is InChI=1S/C22H34FNO3/c1-14(2)22(6,20(26)27-21(3,4)5)24-18-11-16(13-25)19(12-18)15-8-7-9-17(23)10-15/h7-10,14,16,18-19,24-25H,11-13H2,1-6H3/t16?,18?,19?,22-/m0/s1. The fourth-order valence-electron chi connectivity index (χ4n) is 3.86. The minimum atomic E-state index is -0.825. The van der Waals surface area contributed by atoms with Gasteiger partial charge in [0, 0.05) is 12.6 Å². The molecule has 0 heterocycles. The van der Waals surface area contributed by atoms with Crippen LogP contribution in [0.3, 0.4) is 0 Å². The van der Waals surface area contributed by atoms with Crippen molar-refractivity contribution in [1.29, 1.82) is 0 Å². The first-order chi connectivity index (χ1) is 12.5. The molecular formula is C22H34FNO3. The van der Waals surface area contributed by atoms with Crippen LogP contribution in [0.5, 0.6) is 0 Å². The van der Waals surface area contributed by atoms with Gasteiger partial charge in [0.1, 0.15) is 17.0 Å². The average Bonchev–Trinajstić information content (AvgIpc) is 2.95. The first kappa shape index (κ1) is 21.8. The van der Waals surface area contributed by atoms with Crippen LogP contribution in [0.4, 0.5) is 4.39 Å². The fraction of sp³-hybridized carbons (Fsp3) is 0.682. The predicted octanol–water partition coefficient (Wildman–Crippen LogP) is 4.03. The van der Waals surface area contributed by atoms with E-state index in [9.17, 15) is 14.3 Å². The Morgan fingerprint density at radius 2 is 1.96 bits per heavy atom. The molecule has 4 nitrogen and oxygen atoms in total. The number of hydrogen-bond donors (Lipinski definition) is 2. The maximum absolute atomic E-state index is 13.6. The molecule has 0 spiro atoms. The van der Waals surface area contributed by atoms with E-state index in [1.807, 2.05) is 47.6 Å². The summed E-state index contributed by atoms with van der Waals surface area (Å²) in [5.41, 5.74) is -0.473. The van der Waals surface area contributed by atoms with Crippen LogP contribution >= 0.6 is 0 Å². The second kappa shape index (κ2) is 8.27. The van der Waals surface area contributed by atoms with Crippen LogP contribution in [0.25, 0.3) is 0 Å². The van der Waals surface area contributed by atoms with Crippen LogP contribution in [0.15, 0.2) is 24.3 Å². The molecule has 27 heavy (non-hydrogen) atoms. The highest BCUT2D eigenvalue weighted by atomic mass is 19.1. The lowest BCUT2D eigenvalue weighted by molar-refractivity contribution is -0.165. The monoisotopic (exact) mass is 379 g/mol. The van der Waals surface area contributed by atoms with Gasteiger partial charge in [-0.3, -0.25) is 10.1 Å². The zero-order valence-electron chi connectivity index (χ0n) is 17.4. The Bertz CT molecular complexity index is 655. The predicted molar refractivity (Wildman–Crippen MR) is 105 cm³/mol. The third-order valence-electron chi connectivity index (χ3n) is 5.69. The fourth-order valence-corrected chi connectivity index (χ4v) is 3.86. The molecule has 0 saturated heterocycles. The zero-order chi connectivity index (χ0) is 20.4. The van der Waals surface area contributed by atoms with Gasteiger partial charge in [-0.25, -0.2) is 4.39 Å². The van der Waals surface area contributed by atoms with Crippen molar-refractivity contribution in [3.63, 3.8) is 0 Å². The van der Waals surface area contributed by atoms with Crippen molar-refractivity contribution in [2.75, 3.05) is 6.61 Å². The second-order valence-corrected chi connectivity index (χ2v) is 9.28. The number of esters is 1. The van der Waals surface area contributed by atoms with E-state index in [0.29, 0.717) is 0 Å². The minimum Gasteiger partial charge on any atom is -0.459 e. The van der Waals surface area contributed by atoms with Crippen molar-refractivity contribution in [1.82, 2.24) is 5.32 Å². The molecule has 1 saturated carbocycles. The van der Waals surface area contributed by atoms with Gasteiger partial charge >= 0.3 is 5.97 Å². The van der Waals surface area contributed by atoms with Crippen molar-refractivity contribution in [3.05, 3.63) is 35.6 Å². The molecule has 1 aliphatic carbocycles. The summed E-state index contributed by atoms with van der Waals surface area (Å²) < 4.78 is 19.3. The van der Waals surface area contributed by atoms with E-state index in [1.54, 1.807) is 12.1 Å². The molecule has 152 valence electrons. The summed E-state index contributed by atoms with van der Waals surface area (Å²) in [6.07, 6.45) is 1.49. The Hall–Kier alpha value is -1.46. The molecular weight excluding hydrogens is 345 g/mol. The van der Waals surface area contributed by atoms with Gasteiger partial charge in [0.2, 0.25) is 0 Å². The van der Waals surface area contributed by atoms with Crippen LogP contribution in [-0.2, 0) is 9.53 Å². The van der Waals surface area contributed by atoms with Crippen molar-refractivity contribution >= 4 is 5.97 Å². The van der Waals surface area contributed by atoms with Crippen molar-refractivity contribution in [3.8, 4) is 0 Å². The van der Waals surface area contributed by atoms with Crippen molar-refractivity contribution in [2.24, 2.45) is 11.8 Å². The van der Waals surface area contributed by atoms with Gasteiger partial charge in [0.25, 0.3) is 0 Å². The average molecular weight is 380 g/mol. The van der Waals surface area contributed by atoms with E-state index < -0.39 is 11.1 Å². The molecule has 0 amide bonds. The minimum absolute atomic E-state index is 0.0353. The lowest BCUT2D eigenvalue weighted by Gasteiger charge is -2.37. The first-order valence-electron chi connectivity index (χ1n) is 9.83. The van der Waals surface area contributed by atoms with E-state index in [2.05, 4.69) is 5.32 Å². The summed E-state index contributed by atoms with van der Waals surface area (Å²) in [7, 11) is 0. The van der Waals surface area contributed by atoms with Crippen LogP contribution in [0.2, 0.25) is 0 Å². The molecule has 1 aromatic rings. The van der Waals surface area contributed by atoms with E-state index >= 15 is 0 Å². The molecule has 0 bridgehead atoms. The lowest BCUT2D eigenvalue weighted by atomic mass is 9.87. The number of rotatable bonds is 6. The smallest absolute Gasteiger partial charge is 0.326 e. The molecule has 2 N–H and O–H groups in total. The number of hydrogen-bond acceptors (Lipinski definition) is 4. The highest BCUT2D eigenvalue weighted by Crippen LogP contribution is 2.41. The van der Waals surface area contributed by atoms with Crippen molar-refractivity contribution in [2.45, 2.75) is 77.5 Å². The first-order valence-corrected chi connectivity index (χ1v) is 9.83. The van der Waals surface area contributed by atoms with Gasteiger partial charge in [-0.15, -0.1) is 0 Å². The Labute approximate surface area is 162 Å². The Morgan fingerprint density at radius 1 is 1.30 bits per heavy atom. The summed E-state index contributed by atoms with van der Waals surface area (Å²) in [5.74, 6) is -0.383. The van der Waals surface area contributed by atoms with Gasteiger partial charge in [0.05, 0.1) is 0 Å². The third kappa shape index (κ3) is 5.29. The van der Waals surface area contributed by atoms with Crippen molar-refractivity contribution < 1.29 is 19.0 Å². The van der Waals surface area contributed by atoms with Gasteiger partial charge < -0.3 is 9.84 Å². The number of benzene rings is 1. The third-order valence-corrected chi connectivity index (χ3v) is 5.69. The number of aliphatic hydroxyl groups excluding tert-OH is 1. The van der Waals surface area contributed by atoms with E-state index in [-0.39, 0.29) is 42.2 Å². The lowest BCUT2D eigenvalue weighted by Crippen LogP contribution is -2.58. The number of carbonyl (C=O) groups excluding carboxylic acids is 1. The molecule has 0 aromatic heterocycles. The van der Waals surface area contributed by atoms with E-state index in [4.69, 9.17) is 4.74 Å². The van der Waals surface area contributed by atoms with E-state index in [0.717, 1.165) is 18.4 Å². The summed E-state index contributed by atoms with van der Waals surface area (Å²) in [5, 5.41) is 13.4. The molecule has 3 unspecified atom stereocenters. The molecule has 0 radical (unpaired) electrons. The topological polar surface area (TPSA) is 58.6 Å². The van der Waals surface area contributed by atoms with E-state index in [1.165, 1.54) is 6.07 Å². The molecule has 1 aromatic carbocycles. The number of halogens is 1. The molecule has 5 heteroatoms. The highest BCUT2D eigenvalue weighted by molar-refractivity contribution is 5.81. The van der Waals surface area contributed by atoms with Crippen LogP contribution in [-0.4, -0.2) is 34.9 Å². The summed E-state index contributed by atoms with van der Waals surface area (Å²) in [4.78, 5) is 12.9. The Kier molecular flexibility index (Phi) is 6.69. The number of aliphatic hydroxyl groups is 1. The van der Waals surface area contributed by atoms with Crippen LogP contribution < -0.4 is 5.32 Å². The number of nitrogens with one attached hydrogen (secondary N) is 1. The highest BCUT2D eigenvalue weighted by Gasteiger charge is 2.44. The van der Waals surface area contributed by atoms with Gasteiger partial charge in [-0.05, 0) is 76.0 Å². The molecule has 1 aliphatic rings. The van der Waals surface area contributed by atoms with Gasteiger partial charge in [-0.1, -0.05) is 26.0 Å². The molecule has 0 aliphatic heterocycles. The zero-order valence-corrected chi connectivity index (χ0v) is 17.4. The SMILES string of the molecule is CC(C)[C@](C)(NC1CC(CO)C(c2cccc(F)c2)C1)C(=O)OC(C)(C)C. The molecule has 2 rings (SSSR count). The quantitative estimate of drug-likeness (QED) is 0.733. The normalized spacial score (nSPS) is 25.4. The second-order valence-electron chi connectivity index (χ2n) is 9.28. The summed E-state index contributed by atoms with van der Waals surface area (Å²) in [6.45, 7) is 11.5. The maximum atomic E-state index is 13.6. The Balaban J connectivity index is 2.18. The maximum Gasteiger partial charge on any atom is 0.326 e. The number of ether oxygens (including phenoxy) is 1. The number of carbonyl (C=O) groups is 1. The largest absolute Gasteiger partial charge is 0.459 e. The summed E-state index contributed by atoms with van der Waals surface area (Å²) in [6, 6.07) is 6.65. The Morgan fingerprint density at radius 3 is 2.48 bits per heavy atom. The molecule has 4 atom stereocenters. The van der Waals surface area contributed by atoms with Crippen LogP contribution in [0, 0.1) is 17.7 Å².